The number of rotatable bonds is 3. The van der Waals surface area contributed by atoms with Crippen molar-refractivity contribution >= 4 is 0 Å². The fraction of sp³-hybridized carbons (Fsp3) is 0.833. The van der Waals surface area contributed by atoms with Gasteiger partial charge in [-0.1, -0.05) is 26.2 Å². The van der Waals surface area contributed by atoms with E-state index in [1.165, 1.54) is 19.3 Å². The van der Waals surface area contributed by atoms with Gasteiger partial charge in [0, 0.05) is 40.8 Å². The molecular formula is C6H13Nd-. The molecule has 0 radical (unpaired) electrons. The summed E-state index contributed by atoms with van der Waals surface area (Å²) in [4.78, 5) is 0. The number of hydrogen-bond donors (Lipinski definition) is 0. The van der Waals surface area contributed by atoms with Gasteiger partial charge in [-0.15, -0.1) is 0 Å². The Bertz CT molecular complexity index is 16.1. The molecule has 42 valence electrons. The Kier molecular flexibility index (Phi) is 16.5. The predicted octanol–water partition coefficient (Wildman–Crippen LogP) is 2.40. The Morgan fingerprint density at radius 3 is 2.00 bits per heavy atom. The average Bonchev–Trinajstić information content (AvgIpc) is 1.61. The van der Waals surface area contributed by atoms with E-state index in [2.05, 4.69) is 13.8 Å². The van der Waals surface area contributed by atoms with E-state index in [1.807, 2.05) is 0 Å². The molecule has 0 saturated heterocycles. The predicted molar refractivity (Wildman–Crippen MR) is 29.5 cm³/mol. The van der Waals surface area contributed by atoms with E-state index in [0.29, 0.717) is 0 Å². The maximum atomic E-state index is 3.72. The third-order valence-corrected chi connectivity index (χ3v) is 0.854. The summed E-state index contributed by atoms with van der Waals surface area (Å²) in [5.74, 6) is 0. The van der Waals surface area contributed by atoms with Gasteiger partial charge in [0.05, 0.1) is 0 Å². The standard InChI is InChI=1S/C6H13.Nd/c1-3-5-6-4-2;/h1,3-6H2,2H3;/q-1;. The molecule has 0 aromatic heterocycles. The first kappa shape index (κ1) is 11.2. The SMILES string of the molecule is [CH2-]CCCCC.[Nd]. The van der Waals surface area contributed by atoms with Gasteiger partial charge in [-0.3, -0.25) is 0 Å². The van der Waals surface area contributed by atoms with Crippen molar-refractivity contribution in [3.05, 3.63) is 6.92 Å². The van der Waals surface area contributed by atoms with Crippen LogP contribution in [0.1, 0.15) is 32.6 Å². The fourth-order valence-electron chi connectivity index (χ4n) is 0.427. The molecule has 0 rings (SSSR count). The zero-order chi connectivity index (χ0) is 4.83. The van der Waals surface area contributed by atoms with Gasteiger partial charge in [0.1, 0.15) is 0 Å². The Morgan fingerprint density at radius 1 is 1.29 bits per heavy atom. The molecule has 0 unspecified atom stereocenters. The second kappa shape index (κ2) is 10.4. The fourth-order valence-corrected chi connectivity index (χ4v) is 0.427. The summed E-state index contributed by atoms with van der Waals surface area (Å²) in [6.45, 7) is 5.93. The molecule has 0 fully saturated rings. The molecule has 0 aliphatic rings. The van der Waals surface area contributed by atoms with Gasteiger partial charge in [0.25, 0.3) is 0 Å². The molecule has 0 nitrogen and oxygen atoms in total. The van der Waals surface area contributed by atoms with Crippen LogP contribution < -0.4 is 0 Å². The molecule has 0 aromatic rings. The molecule has 0 atom stereocenters. The Hall–Kier alpha value is 1.35. The molecule has 0 N–H and O–H groups in total. The van der Waals surface area contributed by atoms with Crippen molar-refractivity contribution in [2.45, 2.75) is 32.6 Å². The van der Waals surface area contributed by atoms with Crippen LogP contribution in [0.2, 0.25) is 0 Å². The smallest absolute Gasteiger partial charge is 0 e. The van der Waals surface area contributed by atoms with Crippen LogP contribution in [0.3, 0.4) is 0 Å². The maximum Gasteiger partial charge on any atom is 0 e. The Balaban J connectivity index is 0. The van der Waals surface area contributed by atoms with Gasteiger partial charge in [-0.25, -0.2) is 0 Å². The summed E-state index contributed by atoms with van der Waals surface area (Å²) in [7, 11) is 0. The second-order valence-corrected chi connectivity index (χ2v) is 1.56. The van der Waals surface area contributed by atoms with Crippen molar-refractivity contribution in [2.75, 3.05) is 0 Å². The second-order valence-electron chi connectivity index (χ2n) is 1.56. The minimum absolute atomic E-state index is 0. The molecule has 0 aromatic carbocycles. The zero-order valence-electron chi connectivity index (χ0n) is 5.04. The van der Waals surface area contributed by atoms with Crippen molar-refractivity contribution in [3.8, 4) is 0 Å². The van der Waals surface area contributed by atoms with E-state index in [1.54, 1.807) is 0 Å². The first-order valence-electron chi connectivity index (χ1n) is 2.71. The van der Waals surface area contributed by atoms with Crippen LogP contribution >= 0.6 is 0 Å². The van der Waals surface area contributed by atoms with Gasteiger partial charge in [-0.2, -0.15) is 6.42 Å². The van der Waals surface area contributed by atoms with Gasteiger partial charge >= 0.3 is 0 Å². The van der Waals surface area contributed by atoms with E-state index in [4.69, 9.17) is 0 Å². The molecule has 0 bridgehead atoms. The first-order valence-corrected chi connectivity index (χ1v) is 2.71. The Morgan fingerprint density at radius 2 is 1.86 bits per heavy atom. The van der Waals surface area contributed by atoms with E-state index in [0.717, 1.165) is 6.42 Å². The summed E-state index contributed by atoms with van der Waals surface area (Å²) in [6.07, 6.45) is 5.07. The Labute approximate surface area is 79.6 Å². The molecule has 0 saturated carbocycles. The van der Waals surface area contributed by atoms with Crippen molar-refractivity contribution in [3.63, 3.8) is 0 Å². The van der Waals surface area contributed by atoms with Crippen LogP contribution in [-0.4, -0.2) is 0 Å². The molecule has 0 aliphatic heterocycles. The van der Waals surface area contributed by atoms with Gasteiger partial charge in [0.2, 0.25) is 0 Å². The van der Waals surface area contributed by atoms with Crippen molar-refractivity contribution in [2.24, 2.45) is 0 Å². The van der Waals surface area contributed by atoms with E-state index in [-0.39, 0.29) is 40.8 Å². The largest absolute Gasteiger partial charge is 0.343 e. The quantitative estimate of drug-likeness (QED) is 0.515. The summed E-state index contributed by atoms with van der Waals surface area (Å²) >= 11 is 0. The summed E-state index contributed by atoms with van der Waals surface area (Å²) in [6, 6.07) is 0. The average molecular weight is 229 g/mol. The molecule has 0 heterocycles. The van der Waals surface area contributed by atoms with Gasteiger partial charge in [0.15, 0.2) is 0 Å². The molecule has 1 heteroatoms. The number of hydrogen-bond acceptors (Lipinski definition) is 0. The molecule has 0 amide bonds. The molecule has 7 heavy (non-hydrogen) atoms. The van der Waals surface area contributed by atoms with Gasteiger partial charge < -0.3 is 6.92 Å². The zero-order valence-corrected chi connectivity index (χ0v) is 8.24. The monoisotopic (exact) mass is 227 g/mol. The topological polar surface area (TPSA) is 0 Å². The molecule has 0 spiro atoms. The van der Waals surface area contributed by atoms with Crippen LogP contribution in [0.15, 0.2) is 0 Å². The third-order valence-electron chi connectivity index (χ3n) is 0.854. The first-order chi connectivity index (χ1) is 2.91. The van der Waals surface area contributed by atoms with E-state index in [9.17, 15) is 0 Å². The maximum absolute atomic E-state index is 3.72. The van der Waals surface area contributed by atoms with Crippen LogP contribution in [0.4, 0.5) is 0 Å². The van der Waals surface area contributed by atoms with Crippen LogP contribution in [0.5, 0.6) is 0 Å². The molecular weight excluding hydrogens is 216 g/mol. The van der Waals surface area contributed by atoms with Gasteiger partial charge in [-0.05, 0) is 0 Å². The minimum Gasteiger partial charge on any atom is -0.343 e. The summed E-state index contributed by atoms with van der Waals surface area (Å²) in [5, 5.41) is 0. The summed E-state index contributed by atoms with van der Waals surface area (Å²) < 4.78 is 0. The third kappa shape index (κ3) is 11.1. The van der Waals surface area contributed by atoms with Crippen LogP contribution in [0, 0.1) is 47.8 Å². The van der Waals surface area contributed by atoms with Crippen molar-refractivity contribution in [1.82, 2.24) is 0 Å². The van der Waals surface area contributed by atoms with E-state index < -0.39 is 0 Å². The number of unbranched alkanes of at least 4 members (excludes halogenated alkanes) is 3. The molecule has 0 aliphatic carbocycles. The summed E-state index contributed by atoms with van der Waals surface area (Å²) in [5.41, 5.74) is 0. The van der Waals surface area contributed by atoms with E-state index >= 15 is 0 Å². The van der Waals surface area contributed by atoms with Crippen LogP contribution in [0.25, 0.3) is 0 Å². The van der Waals surface area contributed by atoms with Crippen molar-refractivity contribution in [1.29, 1.82) is 0 Å². The van der Waals surface area contributed by atoms with Crippen molar-refractivity contribution < 1.29 is 40.8 Å². The van der Waals surface area contributed by atoms with Crippen LogP contribution in [-0.2, 0) is 0 Å². The minimum atomic E-state index is 0. The normalized spacial score (nSPS) is 7.71.